The summed E-state index contributed by atoms with van der Waals surface area (Å²) < 4.78 is 6.26. The van der Waals surface area contributed by atoms with Crippen molar-refractivity contribution in [3.63, 3.8) is 0 Å². The molecule has 2 heteroatoms. The molecule has 2 heterocycles. The molecule has 4 aromatic rings. The Morgan fingerprint density at radius 3 is 2.60 bits per heavy atom. The monoisotopic (exact) mass is 389 g/mol. The maximum Gasteiger partial charge on any atom is 0.135 e. The zero-order valence-electron chi connectivity index (χ0n) is 17.4. The van der Waals surface area contributed by atoms with Crippen molar-refractivity contribution in [1.29, 1.82) is 0 Å². The number of para-hydroxylation sites is 1. The third kappa shape index (κ3) is 1.81. The third-order valence-corrected chi connectivity index (χ3v) is 7.65. The molecule has 0 N–H and O–H groups in total. The Morgan fingerprint density at radius 1 is 0.900 bits per heavy atom. The quantitative estimate of drug-likeness (QED) is 0.329. The van der Waals surface area contributed by atoms with Crippen molar-refractivity contribution in [1.82, 2.24) is 0 Å². The van der Waals surface area contributed by atoms with Gasteiger partial charge in [0.25, 0.3) is 0 Å². The van der Waals surface area contributed by atoms with Crippen LogP contribution in [-0.2, 0) is 5.41 Å². The summed E-state index contributed by atoms with van der Waals surface area (Å²) in [5.74, 6) is 0.338. The molecule has 30 heavy (non-hydrogen) atoms. The molecule has 0 fully saturated rings. The van der Waals surface area contributed by atoms with Gasteiger partial charge in [0.1, 0.15) is 11.2 Å². The van der Waals surface area contributed by atoms with Gasteiger partial charge in [0.2, 0.25) is 0 Å². The Kier molecular flexibility index (Phi) is 2.90. The standard InChI is InChI=1S/C28H23NO/c1-28(2)20-10-6-4-9-17(20)26-21(28)12-13-22-27(26)19-15-25-18(14-23(19)29(22)3)16-8-5-7-11-24(16)30-25/h4-15,22,27H,1-3H3. The summed E-state index contributed by atoms with van der Waals surface area (Å²) in [6.45, 7) is 4.72. The van der Waals surface area contributed by atoms with Crippen molar-refractivity contribution >= 4 is 33.2 Å². The largest absolute Gasteiger partial charge is 0.456 e. The smallest absolute Gasteiger partial charge is 0.135 e. The fourth-order valence-electron chi connectivity index (χ4n) is 6.18. The second kappa shape index (κ2) is 5.26. The van der Waals surface area contributed by atoms with E-state index >= 15 is 0 Å². The fraction of sp³-hybridized carbons (Fsp3) is 0.214. The molecule has 0 spiro atoms. The van der Waals surface area contributed by atoms with Gasteiger partial charge in [-0.05, 0) is 46.0 Å². The number of rotatable bonds is 0. The van der Waals surface area contributed by atoms with Gasteiger partial charge in [0, 0.05) is 34.8 Å². The van der Waals surface area contributed by atoms with E-state index in [0.29, 0.717) is 12.0 Å². The van der Waals surface area contributed by atoms with Gasteiger partial charge in [0.05, 0.1) is 6.04 Å². The van der Waals surface area contributed by atoms with Crippen LogP contribution in [0.3, 0.4) is 0 Å². The molecular weight excluding hydrogens is 366 g/mol. The summed E-state index contributed by atoms with van der Waals surface area (Å²) in [5.41, 5.74) is 10.5. The fourth-order valence-corrected chi connectivity index (χ4v) is 6.18. The molecule has 0 saturated heterocycles. The van der Waals surface area contributed by atoms with Gasteiger partial charge < -0.3 is 9.32 Å². The first-order valence-corrected chi connectivity index (χ1v) is 10.8. The number of hydrogen-bond donors (Lipinski definition) is 0. The number of anilines is 1. The Labute approximate surface area is 176 Å². The molecule has 3 aromatic carbocycles. The molecule has 2 unspecified atom stereocenters. The molecule has 0 bridgehead atoms. The van der Waals surface area contributed by atoms with E-state index in [9.17, 15) is 0 Å². The Balaban J connectivity index is 1.52. The molecule has 1 aliphatic heterocycles. The lowest BCUT2D eigenvalue weighted by molar-refractivity contribution is 0.642. The maximum absolute atomic E-state index is 6.26. The first kappa shape index (κ1) is 16.5. The van der Waals surface area contributed by atoms with E-state index in [1.165, 1.54) is 44.3 Å². The molecule has 7 rings (SSSR count). The number of likely N-dealkylation sites (N-methyl/N-ethyl adjacent to an activating group) is 1. The van der Waals surface area contributed by atoms with E-state index in [1.54, 1.807) is 0 Å². The number of fused-ring (bicyclic) bond motifs is 9. The number of benzene rings is 3. The number of nitrogens with zero attached hydrogens (tertiary/aromatic N) is 1. The molecular formula is C28H23NO. The van der Waals surface area contributed by atoms with Gasteiger partial charge in [-0.1, -0.05) is 68.5 Å². The van der Waals surface area contributed by atoms with Gasteiger partial charge in [-0.2, -0.15) is 0 Å². The Morgan fingerprint density at radius 2 is 1.70 bits per heavy atom. The summed E-state index contributed by atoms with van der Waals surface area (Å²) >= 11 is 0. The van der Waals surface area contributed by atoms with Crippen molar-refractivity contribution in [3.8, 4) is 0 Å². The van der Waals surface area contributed by atoms with E-state index in [2.05, 4.69) is 92.5 Å². The van der Waals surface area contributed by atoms with Gasteiger partial charge in [-0.25, -0.2) is 0 Å². The summed E-state index contributed by atoms with van der Waals surface area (Å²) in [6.07, 6.45) is 4.80. The molecule has 146 valence electrons. The molecule has 0 radical (unpaired) electrons. The molecule has 3 aliphatic rings. The minimum absolute atomic E-state index is 0.0399. The average molecular weight is 389 g/mol. The highest BCUT2D eigenvalue weighted by atomic mass is 16.3. The van der Waals surface area contributed by atoms with Crippen LogP contribution in [0, 0.1) is 0 Å². The van der Waals surface area contributed by atoms with Crippen molar-refractivity contribution in [2.24, 2.45) is 0 Å². The van der Waals surface area contributed by atoms with Crippen molar-refractivity contribution < 1.29 is 4.42 Å². The van der Waals surface area contributed by atoms with Crippen molar-refractivity contribution in [2.75, 3.05) is 11.9 Å². The van der Waals surface area contributed by atoms with E-state index in [4.69, 9.17) is 4.42 Å². The van der Waals surface area contributed by atoms with E-state index in [-0.39, 0.29) is 5.41 Å². The highest BCUT2D eigenvalue weighted by Gasteiger charge is 2.47. The third-order valence-electron chi connectivity index (χ3n) is 7.65. The first-order chi connectivity index (χ1) is 14.6. The lowest BCUT2D eigenvalue weighted by Crippen LogP contribution is -2.31. The number of hydrogen-bond acceptors (Lipinski definition) is 2. The Bertz CT molecular complexity index is 1450. The van der Waals surface area contributed by atoms with Gasteiger partial charge in [-0.3, -0.25) is 0 Å². The van der Waals surface area contributed by atoms with Crippen molar-refractivity contribution in [3.05, 3.63) is 95.1 Å². The second-order valence-corrected chi connectivity index (χ2v) is 9.44. The summed E-state index contributed by atoms with van der Waals surface area (Å²) in [7, 11) is 2.24. The molecule has 2 atom stereocenters. The van der Waals surface area contributed by atoms with Gasteiger partial charge in [-0.15, -0.1) is 0 Å². The normalized spacial score (nSPS) is 23.1. The SMILES string of the molecule is CN1c2cc3c(cc2C2C4=C(C=CC21)C(C)(C)c1ccccc14)oc1ccccc13. The van der Waals surface area contributed by atoms with Crippen LogP contribution in [0.5, 0.6) is 0 Å². The molecule has 1 aromatic heterocycles. The highest BCUT2D eigenvalue weighted by molar-refractivity contribution is 6.07. The number of furan rings is 1. The Hall–Kier alpha value is -3.26. The molecule has 2 aliphatic carbocycles. The van der Waals surface area contributed by atoms with E-state index in [0.717, 1.165) is 11.2 Å². The zero-order valence-corrected chi connectivity index (χ0v) is 17.4. The topological polar surface area (TPSA) is 16.4 Å². The van der Waals surface area contributed by atoms with Gasteiger partial charge >= 0.3 is 0 Å². The molecule has 0 amide bonds. The molecule has 0 saturated carbocycles. The predicted octanol–water partition coefficient (Wildman–Crippen LogP) is 6.80. The van der Waals surface area contributed by atoms with Crippen LogP contribution in [0.25, 0.3) is 27.5 Å². The second-order valence-electron chi connectivity index (χ2n) is 9.44. The van der Waals surface area contributed by atoms with E-state index in [1.807, 2.05) is 6.07 Å². The average Bonchev–Trinajstić information content (AvgIpc) is 3.34. The van der Waals surface area contributed by atoms with Gasteiger partial charge in [0.15, 0.2) is 0 Å². The van der Waals surface area contributed by atoms with E-state index < -0.39 is 0 Å². The lowest BCUT2D eigenvalue weighted by atomic mass is 9.76. The first-order valence-electron chi connectivity index (χ1n) is 10.8. The zero-order chi connectivity index (χ0) is 20.2. The number of allylic oxidation sites excluding steroid dienone is 2. The lowest BCUT2D eigenvalue weighted by Gasteiger charge is -2.31. The van der Waals surface area contributed by atoms with Crippen LogP contribution in [0.1, 0.15) is 36.5 Å². The van der Waals surface area contributed by atoms with Crippen LogP contribution in [-0.4, -0.2) is 13.1 Å². The van der Waals surface area contributed by atoms with Crippen LogP contribution in [0.15, 0.2) is 82.8 Å². The van der Waals surface area contributed by atoms with Crippen LogP contribution < -0.4 is 4.90 Å². The minimum Gasteiger partial charge on any atom is -0.456 e. The maximum atomic E-state index is 6.26. The summed E-state index contributed by atoms with van der Waals surface area (Å²) in [4.78, 5) is 2.45. The summed E-state index contributed by atoms with van der Waals surface area (Å²) in [5, 5.41) is 2.40. The van der Waals surface area contributed by atoms with Crippen LogP contribution in [0.2, 0.25) is 0 Å². The van der Waals surface area contributed by atoms with Crippen molar-refractivity contribution in [2.45, 2.75) is 31.2 Å². The predicted molar refractivity (Wildman–Crippen MR) is 124 cm³/mol. The minimum atomic E-state index is 0.0399. The van der Waals surface area contributed by atoms with Crippen LogP contribution in [0.4, 0.5) is 5.69 Å². The van der Waals surface area contributed by atoms with Crippen LogP contribution >= 0.6 is 0 Å². The highest BCUT2D eigenvalue weighted by Crippen LogP contribution is 2.59. The molecule has 2 nitrogen and oxygen atoms in total. The summed E-state index contributed by atoms with van der Waals surface area (Å²) in [6, 6.07) is 22.3.